The second-order valence-electron chi connectivity index (χ2n) is 9.01. The number of halogens is 2. The number of allylic oxidation sites excluding steroid dienone is 5. The molecule has 0 amide bonds. The topological polar surface area (TPSA) is 0 Å². The molecule has 4 heteroatoms. The van der Waals surface area contributed by atoms with E-state index in [1.54, 1.807) is 16.5 Å². The maximum Gasteiger partial charge on any atom is -1.00 e. The number of hydrogen-bond donors (Lipinski definition) is 0. The predicted molar refractivity (Wildman–Crippen MR) is 141 cm³/mol. The molecular weight excluding hydrogens is 533 g/mol. The van der Waals surface area contributed by atoms with Crippen LogP contribution in [0, 0.1) is 5.92 Å². The van der Waals surface area contributed by atoms with Crippen LogP contribution >= 0.6 is 7.92 Å². The van der Waals surface area contributed by atoms with Gasteiger partial charge in [0.1, 0.15) is 0 Å². The van der Waals surface area contributed by atoms with E-state index in [0.29, 0.717) is 9.54 Å². The van der Waals surface area contributed by atoms with Gasteiger partial charge in [0.05, 0.1) is 0 Å². The molecule has 2 aliphatic rings. The van der Waals surface area contributed by atoms with Crippen molar-refractivity contribution in [3.63, 3.8) is 0 Å². The monoisotopic (exact) mass is 562 g/mol. The summed E-state index contributed by atoms with van der Waals surface area (Å²) in [5, 5.41) is 4.62. The van der Waals surface area contributed by atoms with Gasteiger partial charge in [-0.1, -0.05) is 0 Å². The van der Waals surface area contributed by atoms with Crippen LogP contribution < -0.4 is 20.0 Å². The number of rotatable bonds is 8. The van der Waals surface area contributed by atoms with Crippen LogP contribution in [0.15, 0.2) is 111 Å². The Morgan fingerprint density at radius 1 is 0.857 bits per heavy atom. The molecule has 0 saturated carbocycles. The quantitative estimate of drug-likeness (QED) is 0.368. The summed E-state index contributed by atoms with van der Waals surface area (Å²) in [7, 11) is -0.534. The van der Waals surface area contributed by atoms with Crippen molar-refractivity contribution < 1.29 is 32.6 Å². The van der Waals surface area contributed by atoms with Crippen molar-refractivity contribution in [1.82, 2.24) is 0 Å². The molecule has 0 bridgehead atoms. The van der Waals surface area contributed by atoms with Crippen molar-refractivity contribution in [2.24, 2.45) is 5.92 Å². The van der Waals surface area contributed by atoms with E-state index in [1.165, 1.54) is 35.4 Å². The molecule has 0 radical (unpaired) electrons. The summed E-state index contributed by atoms with van der Waals surface area (Å²) in [6, 6.07) is 31.7. The van der Waals surface area contributed by atoms with Gasteiger partial charge in [-0.3, -0.25) is 0 Å². The molecule has 0 nitrogen and oxygen atoms in total. The van der Waals surface area contributed by atoms with Gasteiger partial charge in [0, 0.05) is 0 Å². The van der Waals surface area contributed by atoms with E-state index in [4.69, 9.17) is 0 Å². The van der Waals surface area contributed by atoms with Crippen LogP contribution in [0.1, 0.15) is 47.9 Å². The van der Waals surface area contributed by atoms with Crippen LogP contribution in [0.25, 0.3) is 6.08 Å². The summed E-state index contributed by atoms with van der Waals surface area (Å²) in [5.74, 6) is 0.693. The smallest absolute Gasteiger partial charge is 1.00 e. The molecule has 0 fully saturated rings. The van der Waals surface area contributed by atoms with Crippen LogP contribution in [-0.2, 0) is 23.2 Å². The van der Waals surface area contributed by atoms with Crippen molar-refractivity contribution >= 4 is 24.6 Å². The minimum Gasteiger partial charge on any atom is -1.00 e. The molecule has 2 unspecified atom stereocenters. The summed E-state index contributed by atoms with van der Waals surface area (Å²) in [6.45, 7) is 4.75. The predicted octanol–water partition coefficient (Wildman–Crippen LogP) is 1.96. The van der Waals surface area contributed by atoms with Crippen molar-refractivity contribution in [3.05, 3.63) is 122 Å². The summed E-state index contributed by atoms with van der Waals surface area (Å²) >= 11 is -0.850. The Morgan fingerprint density at radius 3 is 2.09 bits per heavy atom. The fourth-order valence-electron chi connectivity index (χ4n) is 5.14. The maximum absolute atomic E-state index is 2.56. The first-order valence-electron chi connectivity index (χ1n) is 12.1. The Morgan fingerprint density at radius 2 is 1.46 bits per heavy atom. The van der Waals surface area contributed by atoms with Crippen LogP contribution in [0.2, 0.25) is 0 Å². The second kappa shape index (κ2) is 12.8. The first kappa shape index (κ1) is 27.6. The van der Waals surface area contributed by atoms with E-state index in [2.05, 4.69) is 117 Å². The molecule has 0 N–H and O–H groups in total. The fraction of sp³-hybridized carbons (Fsp3) is 0.226. The van der Waals surface area contributed by atoms with Gasteiger partial charge in [0.2, 0.25) is 0 Å². The molecular formula is C31H31F2PZr. The molecule has 0 aromatic heterocycles. The van der Waals surface area contributed by atoms with Gasteiger partial charge in [-0.05, 0) is 0 Å². The normalized spacial score (nSPS) is 16.8. The van der Waals surface area contributed by atoms with E-state index in [1.807, 2.05) is 3.28 Å². The van der Waals surface area contributed by atoms with E-state index in [-0.39, 0.29) is 9.41 Å². The van der Waals surface area contributed by atoms with Gasteiger partial charge in [-0.25, -0.2) is 0 Å². The van der Waals surface area contributed by atoms with Crippen LogP contribution in [0.5, 0.6) is 0 Å². The molecule has 3 aromatic rings. The Bertz CT molecular complexity index is 1160. The molecule has 0 heterocycles. The van der Waals surface area contributed by atoms with Gasteiger partial charge in [-0.15, -0.1) is 0 Å². The minimum atomic E-state index is -0.850. The molecule has 2 atom stereocenters. The van der Waals surface area contributed by atoms with E-state index < -0.39 is 31.2 Å². The summed E-state index contributed by atoms with van der Waals surface area (Å²) < 4.78 is 2.44. The van der Waals surface area contributed by atoms with Crippen molar-refractivity contribution in [1.29, 1.82) is 0 Å². The van der Waals surface area contributed by atoms with Crippen molar-refractivity contribution in [2.45, 2.75) is 36.7 Å². The van der Waals surface area contributed by atoms with Gasteiger partial charge in [0.15, 0.2) is 0 Å². The molecule has 35 heavy (non-hydrogen) atoms. The van der Waals surface area contributed by atoms with Crippen LogP contribution in [0.4, 0.5) is 0 Å². The van der Waals surface area contributed by atoms with Gasteiger partial charge in [0.25, 0.3) is 0 Å². The van der Waals surface area contributed by atoms with E-state index >= 15 is 0 Å². The summed E-state index contributed by atoms with van der Waals surface area (Å²) in [4.78, 5) is 0. The first-order chi connectivity index (χ1) is 16.3. The van der Waals surface area contributed by atoms with E-state index in [9.17, 15) is 0 Å². The minimum absolute atomic E-state index is 0. The molecule has 0 saturated heterocycles. The van der Waals surface area contributed by atoms with Gasteiger partial charge < -0.3 is 9.41 Å². The molecule has 3 aromatic carbocycles. The zero-order valence-electron chi connectivity index (χ0n) is 20.3. The molecule has 2 aliphatic carbocycles. The Balaban J connectivity index is 0.00000171. The summed E-state index contributed by atoms with van der Waals surface area (Å²) in [5.41, 5.74) is 4.71. The van der Waals surface area contributed by atoms with E-state index in [0.717, 1.165) is 0 Å². The summed E-state index contributed by atoms with van der Waals surface area (Å²) in [6.07, 6.45) is 11.2. The Hall–Kier alpha value is -1.95. The molecule has 178 valence electrons. The largest absolute Gasteiger partial charge is 1.00 e. The van der Waals surface area contributed by atoms with Gasteiger partial charge in [-0.2, -0.15) is 0 Å². The number of benzene rings is 3. The first-order valence-corrected chi connectivity index (χ1v) is 16.1. The zero-order valence-corrected chi connectivity index (χ0v) is 23.6. The molecule has 5 rings (SSSR count). The Kier molecular flexibility index (Phi) is 10.1. The SMILES string of the molecule is CCCC(C)C1=[C]([Zr+2][CH]2C(P(c3ccccc3)c3ccccc3)=Cc3ccccc32)CC=C1.[F-].[F-]. The third-order valence-corrected chi connectivity index (χ3v) is 14.2. The second-order valence-corrected chi connectivity index (χ2v) is 14.8. The third-order valence-electron chi connectivity index (χ3n) is 6.73. The van der Waals surface area contributed by atoms with Crippen molar-refractivity contribution in [2.75, 3.05) is 0 Å². The fourth-order valence-corrected chi connectivity index (χ4v) is 13.2. The zero-order chi connectivity index (χ0) is 22.6. The standard InChI is InChI=1S/C21H16P.C10H15.2FH.Zr/c1-3-11-19(12-4-1)22(20-13-5-2-6-14-20)21-15-17-9-7-8-10-18(17)16-21;1-3-6-9(2)10-7-4-5-8-10;;;/h1-16H;4,7,9H,3,5-6H2,1-2H3;2*1H;/q;;;;+2/p-2. The number of fused-ring (bicyclic) bond motifs is 1. The van der Waals surface area contributed by atoms with Crippen LogP contribution in [0.3, 0.4) is 0 Å². The maximum atomic E-state index is 2.56. The average molecular weight is 564 g/mol. The molecule has 0 spiro atoms. The van der Waals surface area contributed by atoms with Crippen LogP contribution in [-0.4, -0.2) is 0 Å². The third kappa shape index (κ3) is 5.90. The van der Waals surface area contributed by atoms with Gasteiger partial charge >= 0.3 is 213 Å². The molecule has 0 aliphatic heterocycles. The average Bonchev–Trinajstić information content (AvgIpc) is 3.46. The number of hydrogen-bond acceptors (Lipinski definition) is 0. The van der Waals surface area contributed by atoms with Crippen molar-refractivity contribution in [3.8, 4) is 0 Å². The Labute approximate surface area is 221 Å².